The van der Waals surface area contributed by atoms with Crippen LogP contribution in [0.4, 0.5) is 0 Å². The van der Waals surface area contributed by atoms with Gasteiger partial charge < -0.3 is 11.1 Å². The highest BCUT2D eigenvalue weighted by molar-refractivity contribution is 6.26. The summed E-state index contributed by atoms with van der Waals surface area (Å²) < 4.78 is 0. The Morgan fingerprint density at radius 1 is 1.12 bits per heavy atom. The zero-order valence-electron chi connectivity index (χ0n) is 8.91. The minimum atomic E-state index is -0.286. The third-order valence-electron chi connectivity index (χ3n) is 2.51. The second-order valence-corrected chi connectivity index (χ2v) is 3.52. The van der Waals surface area contributed by atoms with Gasteiger partial charge in [-0.3, -0.25) is 9.59 Å². The fraction of sp³-hybridized carbons (Fsp3) is 0.167. The zero-order valence-corrected chi connectivity index (χ0v) is 8.91. The standard InChI is InChI=1S/C12H12N2O2/c1-2-14-10-9(13)11(15)7-5-3-4-6-8(7)12(10)16/h3-6,14H,2,13H2,1H3. The van der Waals surface area contributed by atoms with Crippen molar-refractivity contribution in [3.63, 3.8) is 0 Å². The molecule has 0 aliphatic heterocycles. The molecule has 0 heterocycles. The van der Waals surface area contributed by atoms with Crippen LogP contribution in [0.15, 0.2) is 35.7 Å². The summed E-state index contributed by atoms with van der Waals surface area (Å²) in [6.07, 6.45) is 0. The van der Waals surface area contributed by atoms with Gasteiger partial charge in [-0.15, -0.1) is 0 Å². The monoisotopic (exact) mass is 216 g/mol. The number of hydrogen-bond acceptors (Lipinski definition) is 4. The summed E-state index contributed by atoms with van der Waals surface area (Å²) >= 11 is 0. The zero-order chi connectivity index (χ0) is 11.7. The van der Waals surface area contributed by atoms with Gasteiger partial charge in [-0.1, -0.05) is 24.3 Å². The molecule has 1 aliphatic carbocycles. The molecule has 0 fully saturated rings. The van der Waals surface area contributed by atoms with E-state index in [-0.39, 0.29) is 23.0 Å². The second kappa shape index (κ2) is 3.81. The molecule has 0 bridgehead atoms. The van der Waals surface area contributed by atoms with E-state index in [4.69, 9.17) is 5.73 Å². The largest absolute Gasteiger partial charge is 0.394 e. The van der Waals surface area contributed by atoms with Crippen molar-refractivity contribution in [3.05, 3.63) is 46.8 Å². The van der Waals surface area contributed by atoms with E-state index in [2.05, 4.69) is 5.32 Å². The summed E-state index contributed by atoms with van der Waals surface area (Å²) in [5.74, 6) is -0.499. The Kier molecular flexibility index (Phi) is 2.48. The highest BCUT2D eigenvalue weighted by Gasteiger charge is 2.29. The third kappa shape index (κ3) is 1.39. The van der Waals surface area contributed by atoms with Crippen molar-refractivity contribution in [1.29, 1.82) is 0 Å². The number of hydrogen-bond donors (Lipinski definition) is 2. The predicted molar refractivity (Wildman–Crippen MR) is 60.0 cm³/mol. The number of ketones is 2. The van der Waals surface area contributed by atoms with Crippen molar-refractivity contribution in [2.24, 2.45) is 5.73 Å². The molecular weight excluding hydrogens is 204 g/mol. The van der Waals surface area contributed by atoms with Crippen LogP contribution in [0.2, 0.25) is 0 Å². The van der Waals surface area contributed by atoms with E-state index in [1.807, 2.05) is 6.92 Å². The number of allylic oxidation sites excluding steroid dienone is 2. The molecule has 1 aliphatic rings. The number of fused-ring (bicyclic) bond motifs is 1. The Bertz CT molecular complexity index is 503. The van der Waals surface area contributed by atoms with Crippen LogP contribution in [0, 0.1) is 0 Å². The Morgan fingerprint density at radius 3 is 2.25 bits per heavy atom. The predicted octanol–water partition coefficient (Wildman–Crippen LogP) is 0.845. The maximum Gasteiger partial charge on any atom is 0.211 e. The van der Waals surface area contributed by atoms with Crippen LogP contribution in [0.3, 0.4) is 0 Å². The first kappa shape index (κ1) is 10.4. The van der Waals surface area contributed by atoms with E-state index in [9.17, 15) is 9.59 Å². The average molecular weight is 216 g/mol. The van der Waals surface area contributed by atoms with Crippen molar-refractivity contribution in [1.82, 2.24) is 5.32 Å². The van der Waals surface area contributed by atoms with Crippen LogP contribution in [0.5, 0.6) is 0 Å². The summed E-state index contributed by atoms with van der Waals surface area (Å²) in [6.45, 7) is 2.40. The molecule has 0 spiro atoms. The molecular formula is C12H12N2O2. The first-order chi connectivity index (χ1) is 7.66. The quantitative estimate of drug-likeness (QED) is 0.768. The lowest BCUT2D eigenvalue weighted by Gasteiger charge is -2.18. The molecule has 82 valence electrons. The van der Waals surface area contributed by atoms with Gasteiger partial charge in [-0.25, -0.2) is 0 Å². The van der Waals surface area contributed by atoms with Crippen molar-refractivity contribution >= 4 is 11.6 Å². The first-order valence-electron chi connectivity index (χ1n) is 5.08. The summed E-state index contributed by atoms with van der Waals surface area (Å²) in [4.78, 5) is 23.9. The van der Waals surface area contributed by atoms with E-state index in [1.165, 1.54) is 0 Å². The maximum absolute atomic E-state index is 12.0. The van der Waals surface area contributed by atoms with E-state index >= 15 is 0 Å². The average Bonchev–Trinajstić information content (AvgIpc) is 2.32. The van der Waals surface area contributed by atoms with Gasteiger partial charge in [0.05, 0.1) is 0 Å². The number of likely N-dealkylation sites (N-methyl/N-ethyl adjacent to an activating group) is 1. The number of rotatable bonds is 2. The van der Waals surface area contributed by atoms with Crippen LogP contribution >= 0.6 is 0 Å². The lowest BCUT2D eigenvalue weighted by Crippen LogP contribution is -2.33. The van der Waals surface area contributed by atoms with Gasteiger partial charge in [-0.2, -0.15) is 0 Å². The molecule has 0 radical (unpaired) electrons. The van der Waals surface area contributed by atoms with Crippen LogP contribution in [-0.4, -0.2) is 18.1 Å². The van der Waals surface area contributed by atoms with Gasteiger partial charge in [0.2, 0.25) is 11.6 Å². The molecule has 0 amide bonds. The van der Waals surface area contributed by atoms with E-state index < -0.39 is 0 Å². The Balaban J connectivity index is 2.58. The number of benzene rings is 1. The third-order valence-corrected chi connectivity index (χ3v) is 2.51. The Morgan fingerprint density at radius 2 is 1.69 bits per heavy atom. The Hall–Kier alpha value is -2.10. The number of Topliss-reactive ketones (excluding diaryl/α,β-unsaturated/α-hetero) is 2. The molecule has 0 saturated carbocycles. The van der Waals surface area contributed by atoms with Crippen molar-refractivity contribution in [2.75, 3.05) is 6.54 Å². The number of nitrogens with one attached hydrogen (secondary N) is 1. The van der Waals surface area contributed by atoms with E-state index in [0.717, 1.165) is 0 Å². The van der Waals surface area contributed by atoms with E-state index in [0.29, 0.717) is 17.7 Å². The minimum Gasteiger partial charge on any atom is -0.394 e. The number of carbonyl (C=O) groups excluding carboxylic acids is 2. The van der Waals surface area contributed by atoms with E-state index in [1.54, 1.807) is 24.3 Å². The van der Waals surface area contributed by atoms with Gasteiger partial charge in [0, 0.05) is 17.7 Å². The molecule has 3 N–H and O–H groups in total. The van der Waals surface area contributed by atoms with Gasteiger partial charge >= 0.3 is 0 Å². The first-order valence-corrected chi connectivity index (χ1v) is 5.08. The highest BCUT2D eigenvalue weighted by atomic mass is 16.1. The summed E-state index contributed by atoms with van der Waals surface area (Å²) in [5.41, 5.74) is 6.68. The summed E-state index contributed by atoms with van der Waals surface area (Å²) in [7, 11) is 0. The molecule has 16 heavy (non-hydrogen) atoms. The lowest BCUT2D eigenvalue weighted by atomic mass is 9.90. The topological polar surface area (TPSA) is 72.2 Å². The fourth-order valence-electron chi connectivity index (χ4n) is 1.75. The molecule has 1 aromatic carbocycles. The summed E-state index contributed by atoms with van der Waals surface area (Å²) in [6, 6.07) is 6.70. The smallest absolute Gasteiger partial charge is 0.211 e. The molecule has 1 aromatic rings. The molecule has 0 saturated heterocycles. The summed E-state index contributed by atoms with van der Waals surface area (Å²) in [5, 5.41) is 2.84. The second-order valence-electron chi connectivity index (χ2n) is 3.52. The molecule has 4 nitrogen and oxygen atoms in total. The van der Waals surface area contributed by atoms with Crippen LogP contribution in [0.25, 0.3) is 0 Å². The molecule has 0 atom stereocenters. The SMILES string of the molecule is CCNC1=C(N)C(=O)c2ccccc2C1=O. The van der Waals surface area contributed by atoms with Crippen molar-refractivity contribution < 1.29 is 9.59 Å². The minimum absolute atomic E-state index is 0.00514. The van der Waals surface area contributed by atoms with Gasteiger partial charge in [0.15, 0.2) is 0 Å². The molecule has 0 aromatic heterocycles. The number of carbonyl (C=O) groups is 2. The van der Waals surface area contributed by atoms with Crippen LogP contribution in [0.1, 0.15) is 27.6 Å². The molecule has 2 rings (SSSR count). The fourth-order valence-corrected chi connectivity index (χ4v) is 1.75. The van der Waals surface area contributed by atoms with Crippen LogP contribution < -0.4 is 11.1 Å². The van der Waals surface area contributed by atoms with Crippen LogP contribution in [-0.2, 0) is 0 Å². The number of nitrogens with two attached hydrogens (primary N) is 1. The van der Waals surface area contributed by atoms with Gasteiger partial charge in [0.25, 0.3) is 0 Å². The molecule has 0 unspecified atom stereocenters. The Labute approximate surface area is 93.1 Å². The highest BCUT2D eigenvalue weighted by Crippen LogP contribution is 2.22. The van der Waals surface area contributed by atoms with Gasteiger partial charge in [0.1, 0.15) is 11.4 Å². The van der Waals surface area contributed by atoms with Crippen molar-refractivity contribution in [2.45, 2.75) is 6.92 Å². The van der Waals surface area contributed by atoms with Gasteiger partial charge in [-0.05, 0) is 6.92 Å². The lowest BCUT2D eigenvalue weighted by molar-refractivity contribution is 0.0967. The van der Waals surface area contributed by atoms with Crippen molar-refractivity contribution in [3.8, 4) is 0 Å². The maximum atomic E-state index is 12.0. The normalized spacial score (nSPS) is 15.1. The molecule has 4 heteroatoms.